The van der Waals surface area contributed by atoms with E-state index in [0.29, 0.717) is 5.41 Å². The molecule has 0 atom stereocenters. The van der Waals surface area contributed by atoms with Gasteiger partial charge in [-0.05, 0) is 43.2 Å². The highest BCUT2D eigenvalue weighted by molar-refractivity contribution is 4.82. The Bertz CT molecular complexity index is 225. The van der Waals surface area contributed by atoms with Crippen LogP contribution in [0.25, 0.3) is 0 Å². The largest absolute Gasteiger partial charge is 0.313 e. The second kappa shape index (κ2) is 6.91. The summed E-state index contributed by atoms with van der Waals surface area (Å²) in [5, 5.41) is 3.79. The lowest BCUT2D eigenvalue weighted by atomic mass is 9.81. The van der Waals surface area contributed by atoms with Gasteiger partial charge in [0.1, 0.15) is 0 Å². The maximum absolute atomic E-state index is 3.79. The topological polar surface area (TPSA) is 15.3 Å². The van der Waals surface area contributed by atoms with E-state index in [1.807, 2.05) is 0 Å². The van der Waals surface area contributed by atoms with E-state index in [2.05, 4.69) is 51.8 Å². The van der Waals surface area contributed by atoms with E-state index in [1.54, 1.807) is 0 Å². The van der Waals surface area contributed by atoms with Crippen molar-refractivity contribution >= 4 is 0 Å². The van der Waals surface area contributed by atoms with Gasteiger partial charge >= 0.3 is 0 Å². The van der Waals surface area contributed by atoms with Crippen molar-refractivity contribution in [3.05, 3.63) is 0 Å². The number of nitrogens with zero attached hydrogens (tertiary/aromatic N) is 1. The van der Waals surface area contributed by atoms with Gasteiger partial charge in [-0.2, -0.15) is 0 Å². The van der Waals surface area contributed by atoms with Gasteiger partial charge in [-0.25, -0.2) is 0 Å². The van der Waals surface area contributed by atoms with Crippen LogP contribution in [0.4, 0.5) is 0 Å². The second-order valence-electron chi connectivity index (χ2n) is 7.49. The smallest absolute Gasteiger partial charge is 0.00916 e. The van der Waals surface area contributed by atoms with Gasteiger partial charge < -0.3 is 10.2 Å². The van der Waals surface area contributed by atoms with Crippen LogP contribution in [0.2, 0.25) is 0 Å². The number of hydrogen-bond donors (Lipinski definition) is 1. The van der Waals surface area contributed by atoms with E-state index in [9.17, 15) is 0 Å². The van der Waals surface area contributed by atoms with Gasteiger partial charge in [0.25, 0.3) is 0 Å². The van der Waals surface area contributed by atoms with Crippen LogP contribution < -0.4 is 5.32 Å². The van der Waals surface area contributed by atoms with E-state index in [4.69, 9.17) is 0 Å². The highest BCUT2D eigenvalue weighted by Gasteiger charge is 2.25. The van der Waals surface area contributed by atoms with Crippen molar-refractivity contribution in [2.75, 3.05) is 26.2 Å². The minimum atomic E-state index is 0.412. The van der Waals surface area contributed by atoms with Gasteiger partial charge in [-0.15, -0.1) is 0 Å². The first-order valence-corrected chi connectivity index (χ1v) is 7.77. The molecule has 0 aromatic rings. The molecule has 0 spiro atoms. The molecular formula is C16H34N2. The standard InChI is InChI=1S/C16H34N2/c1-13(2)11-18-9-7-15(8-10-18)17-12-16(5,6)14(3)4/h13-15,17H,7-12H2,1-6H3. The Balaban J connectivity index is 2.24. The van der Waals surface area contributed by atoms with Crippen LogP contribution in [0.3, 0.4) is 0 Å². The average Bonchev–Trinajstić information content (AvgIpc) is 2.27. The Morgan fingerprint density at radius 1 is 1.11 bits per heavy atom. The molecule has 0 amide bonds. The van der Waals surface area contributed by atoms with Crippen molar-refractivity contribution in [3.8, 4) is 0 Å². The van der Waals surface area contributed by atoms with Crippen LogP contribution in [-0.4, -0.2) is 37.1 Å². The van der Waals surface area contributed by atoms with Crippen molar-refractivity contribution < 1.29 is 0 Å². The Morgan fingerprint density at radius 3 is 2.11 bits per heavy atom. The molecular weight excluding hydrogens is 220 g/mol. The van der Waals surface area contributed by atoms with Crippen LogP contribution in [-0.2, 0) is 0 Å². The first-order chi connectivity index (χ1) is 8.31. The SMILES string of the molecule is CC(C)CN1CCC(NCC(C)(C)C(C)C)CC1. The van der Waals surface area contributed by atoms with E-state index in [1.165, 1.54) is 32.5 Å². The second-order valence-corrected chi connectivity index (χ2v) is 7.49. The quantitative estimate of drug-likeness (QED) is 0.782. The summed E-state index contributed by atoms with van der Waals surface area (Å²) in [6.07, 6.45) is 2.64. The zero-order valence-corrected chi connectivity index (χ0v) is 13.4. The van der Waals surface area contributed by atoms with Crippen molar-refractivity contribution in [2.45, 2.75) is 60.4 Å². The summed E-state index contributed by atoms with van der Waals surface area (Å²) in [7, 11) is 0. The van der Waals surface area contributed by atoms with Crippen LogP contribution in [0.5, 0.6) is 0 Å². The third kappa shape index (κ3) is 5.27. The predicted molar refractivity (Wildman–Crippen MR) is 80.9 cm³/mol. The molecule has 2 heteroatoms. The minimum Gasteiger partial charge on any atom is -0.313 e. The third-order valence-electron chi connectivity index (χ3n) is 4.62. The van der Waals surface area contributed by atoms with Crippen molar-refractivity contribution in [1.29, 1.82) is 0 Å². The van der Waals surface area contributed by atoms with E-state index >= 15 is 0 Å². The molecule has 1 saturated heterocycles. The molecule has 0 aromatic carbocycles. The zero-order chi connectivity index (χ0) is 13.8. The molecule has 1 aliphatic rings. The lowest BCUT2D eigenvalue weighted by Gasteiger charge is -2.36. The molecule has 0 aromatic heterocycles. The normalized spacial score (nSPS) is 20.0. The summed E-state index contributed by atoms with van der Waals surface area (Å²) in [5.41, 5.74) is 0.412. The molecule has 0 aliphatic carbocycles. The molecule has 0 unspecified atom stereocenters. The van der Waals surface area contributed by atoms with Gasteiger partial charge in [-0.3, -0.25) is 0 Å². The lowest BCUT2D eigenvalue weighted by molar-refractivity contribution is 0.162. The molecule has 18 heavy (non-hydrogen) atoms. The van der Waals surface area contributed by atoms with E-state index < -0.39 is 0 Å². The van der Waals surface area contributed by atoms with Crippen LogP contribution in [0.15, 0.2) is 0 Å². The molecule has 0 radical (unpaired) electrons. The lowest BCUT2D eigenvalue weighted by Crippen LogP contribution is -2.46. The van der Waals surface area contributed by atoms with Gasteiger partial charge in [0.05, 0.1) is 0 Å². The van der Waals surface area contributed by atoms with Gasteiger partial charge in [0.2, 0.25) is 0 Å². The molecule has 1 fully saturated rings. The minimum absolute atomic E-state index is 0.412. The summed E-state index contributed by atoms with van der Waals surface area (Å²) in [6, 6.07) is 0.742. The predicted octanol–water partition coefficient (Wildman–Crippen LogP) is 3.38. The molecule has 0 bridgehead atoms. The van der Waals surface area contributed by atoms with E-state index in [0.717, 1.165) is 24.4 Å². The van der Waals surface area contributed by atoms with Gasteiger partial charge in [0, 0.05) is 19.1 Å². The van der Waals surface area contributed by atoms with E-state index in [-0.39, 0.29) is 0 Å². The first-order valence-electron chi connectivity index (χ1n) is 7.77. The summed E-state index contributed by atoms with van der Waals surface area (Å²) in [5.74, 6) is 1.54. The fourth-order valence-electron chi connectivity index (χ4n) is 2.45. The molecule has 108 valence electrons. The Labute approximate surface area is 115 Å². The summed E-state index contributed by atoms with van der Waals surface area (Å²) in [4.78, 5) is 2.62. The van der Waals surface area contributed by atoms with Gasteiger partial charge in [0.15, 0.2) is 0 Å². The average molecular weight is 254 g/mol. The molecule has 1 rings (SSSR count). The highest BCUT2D eigenvalue weighted by Crippen LogP contribution is 2.25. The highest BCUT2D eigenvalue weighted by atomic mass is 15.1. The monoisotopic (exact) mass is 254 g/mol. The Morgan fingerprint density at radius 2 is 1.67 bits per heavy atom. The zero-order valence-electron chi connectivity index (χ0n) is 13.4. The fraction of sp³-hybridized carbons (Fsp3) is 1.00. The summed E-state index contributed by atoms with van der Waals surface area (Å²) < 4.78 is 0. The maximum Gasteiger partial charge on any atom is 0.00916 e. The van der Waals surface area contributed by atoms with Crippen LogP contribution >= 0.6 is 0 Å². The first kappa shape index (κ1) is 16.0. The van der Waals surface area contributed by atoms with Crippen molar-refractivity contribution in [2.24, 2.45) is 17.3 Å². The third-order valence-corrected chi connectivity index (χ3v) is 4.62. The number of rotatable bonds is 6. The molecule has 1 heterocycles. The van der Waals surface area contributed by atoms with Gasteiger partial charge in [-0.1, -0.05) is 41.5 Å². The molecule has 2 nitrogen and oxygen atoms in total. The Hall–Kier alpha value is -0.0800. The number of piperidine rings is 1. The summed E-state index contributed by atoms with van der Waals surface area (Å²) in [6.45, 7) is 19.0. The summed E-state index contributed by atoms with van der Waals surface area (Å²) >= 11 is 0. The van der Waals surface area contributed by atoms with Crippen LogP contribution in [0.1, 0.15) is 54.4 Å². The molecule has 1 aliphatic heterocycles. The molecule has 1 N–H and O–H groups in total. The molecule has 0 saturated carbocycles. The Kier molecular flexibility index (Phi) is 6.13. The maximum atomic E-state index is 3.79. The van der Waals surface area contributed by atoms with Crippen LogP contribution in [0, 0.1) is 17.3 Å². The fourth-order valence-corrected chi connectivity index (χ4v) is 2.45. The number of nitrogens with one attached hydrogen (secondary N) is 1. The van der Waals surface area contributed by atoms with Crippen molar-refractivity contribution in [1.82, 2.24) is 10.2 Å². The van der Waals surface area contributed by atoms with Crippen molar-refractivity contribution in [3.63, 3.8) is 0 Å². The number of hydrogen-bond acceptors (Lipinski definition) is 2. The number of likely N-dealkylation sites (tertiary alicyclic amines) is 1.